The van der Waals surface area contributed by atoms with E-state index in [4.69, 9.17) is 0 Å². The molecule has 0 amide bonds. The molecule has 1 atom stereocenters. The first-order valence-electron chi connectivity index (χ1n) is 6.43. The van der Waals surface area contributed by atoms with Crippen LogP contribution < -0.4 is 5.32 Å². The molecule has 0 saturated carbocycles. The maximum Gasteiger partial charge on any atom is 0.0945 e. The predicted octanol–water partition coefficient (Wildman–Crippen LogP) is 1.45. The second-order valence-corrected chi connectivity index (χ2v) is 5.22. The molecule has 0 fully saturated rings. The molecule has 0 saturated heterocycles. The van der Waals surface area contributed by atoms with Crippen molar-refractivity contribution in [1.29, 1.82) is 0 Å². The summed E-state index contributed by atoms with van der Waals surface area (Å²) in [5.74, 6) is 0.672. The van der Waals surface area contributed by atoms with E-state index in [2.05, 4.69) is 47.7 Å². The molecule has 1 unspecified atom stereocenters. The number of likely N-dealkylation sites (N-methyl/N-ethyl adjacent to an activating group) is 1. The van der Waals surface area contributed by atoms with Crippen molar-refractivity contribution in [3.63, 3.8) is 0 Å². The van der Waals surface area contributed by atoms with E-state index in [1.54, 1.807) is 0 Å². The van der Waals surface area contributed by atoms with E-state index in [-0.39, 0.29) is 0 Å². The number of nitrogens with zero attached hydrogens (tertiary/aromatic N) is 3. The number of rotatable bonds is 8. The highest BCUT2D eigenvalue weighted by Crippen LogP contribution is 2.02. The number of hydrogen-bond acceptors (Lipinski definition) is 3. The minimum absolute atomic E-state index is 0.577. The van der Waals surface area contributed by atoms with E-state index in [0.717, 1.165) is 26.1 Å². The first kappa shape index (κ1) is 14.2. The standard InChI is InChI=1S/C13H26N4/c1-12(2)13(10-16(3)4)15-6-5-8-17-9-7-14-11-17/h7,9,11-13,15H,5-6,8,10H2,1-4H3. The topological polar surface area (TPSA) is 33.1 Å². The first-order valence-corrected chi connectivity index (χ1v) is 6.43. The van der Waals surface area contributed by atoms with Gasteiger partial charge >= 0.3 is 0 Å². The molecule has 98 valence electrons. The molecule has 0 aliphatic heterocycles. The zero-order valence-corrected chi connectivity index (χ0v) is 11.6. The van der Waals surface area contributed by atoms with Crippen molar-refractivity contribution in [2.45, 2.75) is 32.9 Å². The van der Waals surface area contributed by atoms with Crippen LogP contribution in [0.15, 0.2) is 18.7 Å². The van der Waals surface area contributed by atoms with Crippen molar-refractivity contribution < 1.29 is 0 Å². The van der Waals surface area contributed by atoms with Gasteiger partial charge in [-0.05, 0) is 33.0 Å². The van der Waals surface area contributed by atoms with E-state index in [1.807, 2.05) is 18.7 Å². The summed E-state index contributed by atoms with van der Waals surface area (Å²) in [7, 11) is 4.26. The smallest absolute Gasteiger partial charge is 0.0945 e. The molecule has 0 bridgehead atoms. The van der Waals surface area contributed by atoms with Crippen molar-refractivity contribution in [2.75, 3.05) is 27.2 Å². The van der Waals surface area contributed by atoms with E-state index in [9.17, 15) is 0 Å². The Kier molecular flexibility index (Phi) is 6.22. The molecule has 1 aromatic heterocycles. The third kappa shape index (κ3) is 5.84. The fourth-order valence-electron chi connectivity index (χ4n) is 1.87. The molecule has 0 aliphatic carbocycles. The molecular weight excluding hydrogens is 212 g/mol. The third-order valence-corrected chi connectivity index (χ3v) is 2.93. The summed E-state index contributed by atoms with van der Waals surface area (Å²) in [4.78, 5) is 6.28. The van der Waals surface area contributed by atoms with Crippen LogP contribution >= 0.6 is 0 Å². The van der Waals surface area contributed by atoms with Gasteiger partial charge in [0.1, 0.15) is 0 Å². The Morgan fingerprint density at radius 2 is 2.12 bits per heavy atom. The SMILES string of the molecule is CC(C)C(CN(C)C)NCCCn1ccnc1. The van der Waals surface area contributed by atoms with Crippen LogP contribution in [0, 0.1) is 5.92 Å². The van der Waals surface area contributed by atoms with Crippen LogP contribution in [-0.4, -0.2) is 47.7 Å². The summed E-state index contributed by atoms with van der Waals surface area (Å²) in [5, 5.41) is 3.64. The number of nitrogens with one attached hydrogen (secondary N) is 1. The predicted molar refractivity (Wildman–Crippen MR) is 72.0 cm³/mol. The Bertz CT molecular complexity index is 280. The molecule has 0 aromatic carbocycles. The molecular formula is C13H26N4. The number of aromatic nitrogens is 2. The maximum atomic E-state index is 4.04. The number of imidazole rings is 1. The van der Waals surface area contributed by atoms with Gasteiger partial charge in [-0.25, -0.2) is 4.98 Å². The zero-order valence-electron chi connectivity index (χ0n) is 11.6. The van der Waals surface area contributed by atoms with Gasteiger partial charge in [0.2, 0.25) is 0 Å². The van der Waals surface area contributed by atoms with Crippen LogP contribution in [0.4, 0.5) is 0 Å². The van der Waals surface area contributed by atoms with Crippen molar-refractivity contribution in [1.82, 2.24) is 19.8 Å². The summed E-state index contributed by atoms with van der Waals surface area (Å²) >= 11 is 0. The van der Waals surface area contributed by atoms with Gasteiger partial charge in [-0.1, -0.05) is 13.8 Å². The quantitative estimate of drug-likeness (QED) is 0.696. The molecule has 1 rings (SSSR count). The van der Waals surface area contributed by atoms with Gasteiger partial charge in [0, 0.05) is 31.5 Å². The molecule has 4 nitrogen and oxygen atoms in total. The lowest BCUT2D eigenvalue weighted by molar-refractivity contribution is 0.287. The van der Waals surface area contributed by atoms with Crippen LogP contribution in [0.1, 0.15) is 20.3 Å². The molecule has 0 spiro atoms. The lowest BCUT2D eigenvalue weighted by atomic mass is 10.0. The average Bonchev–Trinajstić information content (AvgIpc) is 2.74. The van der Waals surface area contributed by atoms with Gasteiger partial charge in [0.05, 0.1) is 6.33 Å². The van der Waals surface area contributed by atoms with Crippen molar-refractivity contribution in [3.8, 4) is 0 Å². The second-order valence-electron chi connectivity index (χ2n) is 5.22. The summed E-state index contributed by atoms with van der Waals surface area (Å²) < 4.78 is 2.12. The number of hydrogen-bond donors (Lipinski definition) is 1. The maximum absolute atomic E-state index is 4.04. The molecule has 4 heteroatoms. The monoisotopic (exact) mass is 238 g/mol. The van der Waals surface area contributed by atoms with Crippen LogP contribution in [0.5, 0.6) is 0 Å². The first-order chi connectivity index (χ1) is 8.09. The molecule has 0 radical (unpaired) electrons. The van der Waals surface area contributed by atoms with Crippen molar-refractivity contribution in [3.05, 3.63) is 18.7 Å². The zero-order chi connectivity index (χ0) is 12.7. The lowest BCUT2D eigenvalue weighted by Crippen LogP contribution is -2.42. The minimum atomic E-state index is 0.577. The van der Waals surface area contributed by atoms with E-state index >= 15 is 0 Å². The Balaban J connectivity index is 2.18. The average molecular weight is 238 g/mol. The van der Waals surface area contributed by atoms with Gasteiger partial charge < -0.3 is 14.8 Å². The Morgan fingerprint density at radius 3 is 2.65 bits per heavy atom. The fourth-order valence-corrected chi connectivity index (χ4v) is 1.87. The molecule has 1 aromatic rings. The van der Waals surface area contributed by atoms with Gasteiger partial charge in [-0.3, -0.25) is 0 Å². The van der Waals surface area contributed by atoms with Gasteiger partial charge in [-0.2, -0.15) is 0 Å². The minimum Gasteiger partial charge on any atom is -0.337 e. The molecule has 0 aliphatic rings. The highest BCUT2D eigenvalue weighted by atomic mass is 15.1. The number of aryl methyl sites for hydroxylation is 1. The van der Waals surface area contributed by atoms with Gasteiger partial charge in [0.25, 0.3) is 0 Å². The summed E-state index contributed by atoms with van der Waals surface area (Å²) in [6, 6.07) is 0.577. The van der Waals surface area contributed by atoms with Crippen LogP contribution in [0.25, 0.3) is 0 Å². The molecule has 1 heterocycles. The Morgan fingerprint density at radius 1 is 1.35 bits per heavy atom. The van der Waals surface area contributed by atoms with Crippen LogP contribution in [0.3, 0.4) is 0 Å². The largest absolute Gasteiger partial charge is 0.337 e. The van der Waals surface area contributed by atoms with Crippen molar-refractivity contribution in [2.24, 2.45) is 5.92 Å². The highest BCUT2D eigenvalue weighted by molar-refractivity contribution is 4.75. The van der Waals surface area contributed by atoms with E-state index < -0.39 is 0 Å². The van der Waals surface area contributed by atoms with E-state index in [0.29, 0.717) is 12.0 Å². The summed E-state index contributed by atoms with van der Waals surface area (Å²) in [6.07, 6.45) is 6.86. The van der Waals surface area contributed by atoms with E-state index in [1.165, 1.54) is 0 Å². The van der Waals surface area contributed by atoms with Crippen LogP contribution in [-0.2, 0) is 6.54 Å². The normalized spacial score (nSPS) is 13.5. The fraction of sp³-hybridized carbons (Fsp3) is 0.769. The summed E-state index contributed by atoms with van der Waals surface area (Å²) in [6.45, 7) is 7.76. The Hall–Kier alpha value is -0.870. The van der Waals surface area contributed by atoms with Crippen LogP contribution in [0.2, 0.25) is 0 Å². The second kappa shape index (κ2) is 7.45. The molecule has 1 N–H and O–H groups in total. The van der Waals surface area contributed by atoms with Gasteiger partial charge in [-0.15, -0.1) is 0 Å². The lowest BCUT2D eigenvalue weighted by Gasteiger charge is -2.25. The Labute approximate surface area is 105 Å². The molecule has 17 heavy (non-hydrogen) atoms. The highest BCUT2D eigenvalue weighted by Gasteiger charge is 2.12. The third-order valence-electron chi connectivity index (χ3n) is 2.93. The van der Waals surface area contributed by atoms with Gasteiger partial charge in [0.15, 0.2) is 0 Å². The summed E-state index contributed by atoms with van der Waals surface area (Å²) in [5.41, 5.74) is 0. The van der Waals surface area contributed by atoms with Crippen molar-refractivity contribution >= 4 is 0 Å².